The van der Waals surface area contributed by atoms with E-state index in [1.54, 1.807) is 24.3 Å². The van der Waals surface area contributed by atoms with E-state index in [1.807, 2.05) is 0 Å². The SMILES string of the molecule is CCCC(CCC)Oc1ccc([N+](=O)OC)cc1. The van der Waals surface area contributed by atoms with Gasteiger partial charge in [-0.1, -0.05) is 26.7 Å². The van der Waals surface area contributed by atoms with Crippen LogP contribution in [0.3, 0.4) is 0 Å². The van der Waals surface area contributed by atoms with Gasteiger partial charge in [-0.25, -0.2) is 4.84 Å². The number of hydrogen-bond donors (Lipinski definition) is 0. The summed E-state index contributed by atoms with van der Waals surface area (Å²) in [6.45, 7) is 4.31. The number of rotatable bonds is 8. The van der Waals surface area contributed by atoms with Gasteiger partial charge in [-0.2, -0.15) is 0 Å². The standard InChI is InChI=1S/C14H22NO3/c1-4-6-13(7-5-2)18-14-10-8-12(9-11-14)15(16)17-3/h8-11,13H,4-7H2,1-3H3/q+1. The first-order valence-corrected chi connectivity index (χ1v) is 6.49. The fourth-order valence-electron chi connectivity index (χ4n) is 1.85. The molecule has 0 radical (unpaired) electrons. The predicted octanol–water partition coefficient (Wildman–Crippen LogP) is 4.01. The Labute approximate surface area is 108 Å². The molecule has 0 fully saturated rings. The van der Waals surface area contributed by atoms with Crippen molar-refractivity contribution in [2.24, 2.45) is 0 Å². The molecular weight excluding hydrogens is 230 g/mol. The second-order valence-electron chi connectivity index (χ2n) is 4.25. The summed E-state index contributed by atoms with van der Waals surface area (Å²) in [4.78, 5) is 16.2. The van der Waals surface area contributed by atoms with Crippen molar-refractivity contribution < 1.29 is 14.5 Å². The molecule has 0 heterocycles. The Morgan fingerprint density at radius 2 is 1.67 bits per heavy atom. The van der Waals surface area contributed by atoms with E-state index in [9.17, 15) is 4.91 Å². The fraction of sp³-hybridized carbons (Fsp3) is 0.571. The van der Waals surface area contributed by atoms with Crippen LogP contribution in [0.1, 0.15) is 39.5 Å². The first kappa shape index (κ1) is 14.5. The van der Waals surface area contributed by atoms with Gasteiger partial charge in [-0.3, -0.25) is 0 Å². The minimum atomic E-state index is 0.261. The molecule has 0 amide bonds. The molecule has 0 saturated heterocycles. The lowest BCUT2D eigenvalue weighted by molar-refractivity contribution is -0.736. The summed E-state index contributed by atoms with van der Waals surface area (Å²) in [7, 11) is 1.34. The Bertz CT molecular complexity index is 356. The molecule has 1 aromatic rings. The Balaban J connectivity index is 2.63. The molecule has 0 aliphatic carbocycles. The van der Waals surface area contributed by atoms with E-state index < -0.39 is 0 Å². The first-order chi connectivity index (χ1) is 8.71. The second-order valence-corrected chi connectivity index (χ2v) is 4.25. The number of benzene rings is 1. The summed E-state index contributed by atoms with van der Waals surface area (Å²) in [6.07, 6.45) is 4.60. The van der Waals surface area contributed by atoms with Gasteiger partial charge >= 0.3 is 5.69 Å². The lowest BCUT2D eigenvalue weighted by atomic mass is 10.1. The van der Waals surface area contributed by atoms with Gasteiger partial charge in [-0.05, 0) is 25.0 Å². The van der Waals surface area contributed by atoms with Crippen molar-refractivity contribution in [3.63, 3.8) is 0 Å². The molecule has 0 atom stereocenters. The Kier molecular flexibility index (Phi) is 6.19. The third-order valence-electron chi connectivity index (χ3n) is 2.74. The van der Waals surface area contributed by atoms with Crippen LogP contribution in [0.25, 0.3) is 0 Å². The Hall–Kier alpha value is -1.58. The zero-order chi connectivity index (χ0) is 13.4. The molecule has 0 aromatic heterocycles. The van der Waals surface area contributed by atoms with Crippen LogP contribution in [0.4, 0.5) is 5.69 Å². The summed E-state index contributed by atoms with van der Waals surface area (Å²) >= 11 is 0. The normalized spacial score (nSPS) is 10.4. The van der Waals surface area contributed by atoms with Gasteiger partial charge in [-0.15, -0.1) is 0 Å². The molecule has 0 unspecified atom stereocenters. The summed E-state index contributed by atoms with van der Waals surface area (Å²) < 4.78 is 5.90. The molecule has 0 aliphatic rings. The summed E-state index contributed by atoms with van der Waals surface area (Å²) in [5.74, 6) is 0.801. The quantitative estimate of drug-likeness (QED) is 0.656. The lowest BCUT2D eigenvalue weighted by Gasteiger charge is -2.17. The molecule has 0 N–H and O–H groups in total. The molecule has 1 rings (SSSR count). The molecule has 0 saturated carbocycles. The van der Waals surface area contributed by atoms with E-state index in [0.29, 0.717) is 10.6 Å². The van der Waals surface area contributed by atoms with Gasteiger partial charge in [0.1, 0.15) is 5.75 Å². The zero-order valence-electron chi connectivity index (χ0n) is 11.4. The highest BCUT2D eigenvalue weighted by Gasteiger charge is 2.14. The highest BCUT2D eigenvalue weighted by atomic mass is 16.8. The maximum absolute atomic E-state index is 11.2. The van der Waals surface area contributed by atoms with Crippen LogP contribution >= 0.6 is 0 Å². The van der Waals surface area contributed by atoms with Gasteiger partial charge in [0.15, 0.2) is 7.11 Å². The first-order valence-electron chi connectivity index (χ1n) is 6.49. The van der Waals surface area contributed by atoms with Crippen molar-refractivity contribution in [1.29, 1.82) is 0 Å². The minimum absolute atomic E-state index is 0.261. The third kappa shape index (κ3) is 4.35. The van der Waals surface area contributed by atoms with Gasteiger partial charge in [0.2, 0.25) is 0 Å². The van der Waals surface area contributed by atoms with Crippen molar-refractivity contribution >= 4 is 5.69 Å². The average Bonchev–Trinajstić information content (AvgIpc) is 2.39. The van der Waals surface area contributed by atoms with E-state index >= 15 is 0 Å². The highest BCUT2D eigenvalue weighted by Crippen LogP contribution is 2.21. The predicted molar refractivity (Wildman–Crippen MR) is 71.0 cm³/mol. The van der Waals surface area contributed by atoms with Crippen LogP contribution in [-0.2, 0) is 4.84 Å². The maximum Gasteiger partial charge on any atom is 0.317 e. The van der Waals surface area contributed by atoms with Crippen molar-refractivity contribution in [2.75, 3.05) is 7.11 Å². The molecule has 100 valence electrons. The van der Waals surface area contributed by atoms with E-state index in [0.717, 1.165) is 31.4 Å². The van der Waals surface area contributed by atoms with E-state index in [2.05, 4.69) is 18.7 Å². The van der Waals surface area contributed by atoms with Crippen LogP contribution in [-0.4, -0.2) is 18.1 Å². The van der Waals surface area contributed by atoms with Crippen LogP contribution in [0.5, 0.6) is 5.75 Å². The Morgan fingerprint density at radius 1 is 1.11 bits per heavy atom. The molecule has 0 aliphatic heterocycles. The van der Waals surface area contributed by atoms with Gasteiger partial charge in [0.05, 0.1) is 11.0 Å². The van der Waals surface area contributed by atoms with E-state index in [1.165, 1.54) is 7.11 Å². The van der Waals surface area contributed by atoms with Crippen molar-refractivity contribution in [3.05, 3.63) is 29.2 Å². The molecule has 18 heavy (non-hydrogen) atoms. The van der Waals surface area contributed by atoms with E-state index in [4.69, 9.17) is 4.74 Å². The zero-order valence-corrected chi connectivity index (χ0v) is 11.4. The van der Waals surface area contributed by atoms with E-state index in [-0.39, 0.29) is 6.10 Å². The molecule has 1 aromatic carbocycles. The van der Waals surface area contributed by atoms with Gasteiger partial charge in [0, 0.05) is 12.1 Å². The average molecular weight is 252 g/mol. The van der Waals surface area contributed by atoms with Crippen LogP contribution in [0, 0.1) is 4.91 Å². The van der Waals surface area contributed by atoms with Crippen LogP contribution in [0.15, 0.2) is 24.3 Å². The van der Waals surface area contributed by atoms with Crippen LogP contribution in [0.2, 0.25) is 0 Å². The molecule has 4 heteroatoms. The topological polar surface area (TPSA) is 38.5 Å². The minimum Gasteiger partial charge on any atom is -0.490 e. The monoisotopic (exact) mass is 252 g/mol. The second kappa shape index (κ2) is 7.69. The van der Waals surface area contributed by atoms with Crippen molar-refractivity contribution in [1.82, 2.24) is 0 Å². The lowest BCUT2D eigenvalue weighted by Crippen LogP contribution is -2.15. The van der Waals surface area contributed by atoms with Crippen molar-refractivity contribution in [3.8, 4) is 5.75 Å². The fourth-order valence-corrected chi connectivity index (χ4v) is 1.85. The third-order valence-corrected chi connectivity index (χ3v) is 2.74. The molecule has 0 spiro atoms. The largest absolute Gasteiger partial charge is 0.490 e. The van der Waals surface area contributed by atoms with Gasteiger partial charge < -0.3 is 4.74 Å². The summed E-state index contributed by atoms with van der Waals surface area (Å²) in [5.41, 5.74) is 0.465. The number of nitrogens with zero attached hydrogens (tertiary/aromatic N) is 1. The Morgan fingerprint density at radius 3 is 2.11 bits per heavy atom. The highest BCUT2D eigenvalue weighted by molar-refractivity contribution is 5.35. The van der Waals surface area contributed by atoms with Gasteiger partial charge in [0.25, 0.3) is 4.92 Å². The van der Waals surface area contributed by atoms with Crippen LogP contribution < -0.4 is 4.74 Å². The summed E-state index contributed by atoms with van der Waals surface area (Å²) in [6, 6.07) is 7.00. The van der Waals surface area contributed by atoms with Crippen molar-refractivity contribution in [2.45, 2.75) is 45.6 Å². The molecular formula is C14H22NO3+. The molecule has 4 nitrogen and oxygen atoms in total. The maximum atomic E-state index is 11.2. The smallest absolute Gasteiger partial charge is 0.317 e. The summed E-state index contributed by atoms with van der Waals surface area (Å²) in [5, 5.41) is 0. The number of ether oxygens (including phenoxy) is 1. The molecule has 0 bridgehead atoms. The number of hydrogen-bond acceptors (Lipinski definition) is 3.